The van der Waals surface area contributed by atoms with Gasteiger partial charge in [-0.2, -0.15) is 4.31 Å². The largest absolute Gasteiger partial charge is 0.494 e. The van der Waals surface area contributed by atoms with Gasteiger partial charge in [-0.05, 0) is 73.0 Å². The Morgan fingerprint density at radius 2 is 1.72 bits per heavy atom. The van der Waals surface area contributed by atoms with Crippen LogP contribution in [0.5, 0.6) is 5.75 Å². The zero-order valence-corrected chi connectivity index (χ0v) is 20.4. The van der Waals surface area contributed by atoms with E-state index in [2.05, 4.69) is 15.5 Å². The Balaban J connectivity index is 1.25. The number of aromatic nitrogens is 2. The van der Waals surface area contributed by atoms with Gasteiger partial charge >= 0.3 is 6.01 Å². The fourth-order valence-corrected chi connectivity index (χ4v) is 5.44. The van der Waals surface area contributed by atoms with Crippen LogP contribution in [-0.2, 0) is 23.0 Å². The van der Waals surface area contributed by atoms with E-state index in [0.717, 1.165) is 11.3 Å². The van der Waals surface area contributed by atoms with E-state index < -0.39 is 15.9 Å². The molecule has 0 fully saturated rings. The second kappa shape index (κ2) is 9.92. The van der Waals surface area contributed by atoms with Gasteiger partial charge in [0.05, 0.1) is 11.5 Å². The first kappa shape index (κ1) is 23.7. The fourth-order valence-electron chi connectivity index (χ4n) is 4.02. The van der Waals surface area contributed by atoms with Crippen molar-refractivity contribution in [2.75, 3.05) is 18.5 Å². The summed E-state index contributed by atoms with van der Waals surface area (Å²) in [5.41, 5.74) is 3.12. The summed E-state index contributed by atoms with van der Waals surface area (Å²) in [6.07, 6.45) is 0.665. The number of hydrogen-bond acceptors (Lipinski definition) is 7. The van der Waals surface area contributed by atoms with E-state index in [9.17, 15) is 13.2 Å². The van der Waals surface area contributed by atoms with Crippen molar-refractivity contribution in [2.24, 2.45) is 0 Å². The second-order valence-electron chi connectivity index (χ2n) is 8.21. The molecule has 5 rings (SSSR count). The average molecular weight is 505 g/mol. The number of rotatable bonds is 7. The first-order chi connectivity index (χ1) is 17.4. The number of carbonyl (C=O) groups is 1. The number of hydrogen-bond donors (Lipinski definition) is 1. The maximum absolute atomic E-state index is 13.1. The van der Waals surface area contributed by atoms with E-state index in [1.165, 1.54) is 34.1 Å². The monoisotopic (exact) mass is 504 g/mol. The van der Waals surface area contributed by atoms with Crippen molar-refractivity contribution in [3.8, 4) is 17.2 Å². The Kier molecular flexibility index (Phi) is 6.53. The Morgan fingerprint density at radius 3 is 2.44 bits per heavy atom. The molecule has 0 bridgehead atoms. The number of nitrogens with one attached hydrogen (secondary N) is 1. The minimum absolute atomic E-state index is 0.0624. The normalized spacial score (nSPS) is 13.7. The number of benzene rings is 3. The first-order valence-electron chi connectivity index (χ1n) is 11.5. The van der Waals surface area contributed by atoms with E-state index >= 15 is 0 Å². The Labute approximate surface area is 208 Å². The van der Waals surface area contributed by atoms with E-state index in [0.29, 0.717) is 31.7 Å². The third kappa shape index (κ3) is 4.86. The lowest BCUT2D eigenvalue weighted by atomic mass is 10.0. The summed E-state index contributed by atoms with van der Waals surface area (Å²) in [6, 6.07) is 20.7. The van der Waals surface area contributed by atoms with Crippen molar-refractivity contribution in [3.05, 3.63) is 89.5 Å². The molecule has 10 heteroatoms. The minimum Gasteiger partial charge on any atom is -0.494 e. The molecule has 1 aliphatic heterocycles. The lowest BCUT2D eigenvalue weighted by Gasteiger charge is -2.28. The first-order valence-corrected chi connectivity index (χ1v) is 12.9. The number of fused-ring (bicyclic) bond motifs is 1. The molecule has 3 aromatic carbocycles. The van der Waals surface area contributed by atoms with Crippen LogP contribution in [0, 0.1) is 0 Å². The third-order valence-electron chi connectivity index (χ3n) is 5.91. The summed E-state index contributed by atoms with van der Waals surface area (Å²) in [5.74, 6) is 0.482. The zero-order chi connectivity index (χ0) is 25.1. The van der Waals surface area contributed by atoms with Gasteiger partial charge in [0, 0.05) is 24.2 Å². The predicted octanol–water partition coefficient (Wildman–Crippen LogP) is 4.13. The van der Waals surface area contributed by atoms with Crippen LogP contribution in [0.3, 0.4) is 0 Å². The molecule has 1 N–H and O–H groups in total. The van der Waals surface area contributed by atoms with Crippen LogP contribution >= 0.6 is 0 Å². The summed E-state index contributed by atoms with van der Waals surface area (Å²) < 4.78 is 38.7. The maximum Gasteiger partial charge on any atom is 0.322 e. The van der Waals surface area contributed by atoms with Crippen molar-refractivity contribution >= 4 is 21.9 Å². The van der Waals surface area contributed by atoms with Gasteiger partial charge in [0.2, 0.25) is 15.9 Å². The molecule has 0 saturated carbocycles. The van der Waals surface area contributed by atoms with E-state index in [1.807, 2.05) is 31.2 Å². The molecule has 0 saturated heterocycles. The molecule has 1 aliphatic rings. The number of amides is 1. The molecule has 0 spiro atoms. The van der Waals surface area contributed by atoms with Crippen LogP contribution in [-0.4, -0.2) is 42.0 Å². The standard InChI is InChI=1S/C26H24N4O5S/c1-2-34-22-11-7-20(8-12-22)25-28-29-26(35-25)27-24(31)19-9-13-23(14-10-19)36(32,33)30-16-15-18-5-3-4-6-21(18)17-30/h3-14H,2,15-17H2,1H3,(H,27,29,31). The molecule has 1 amide bonds. The lowest BCUT2D eigenvalue weighted by Crippen LogP contribution is -2.35. The number of ether oxygens (including phenoxy) is 1. The van der Waals surface area contributed by atoms with Crippen molar-refractivity contribution < 1.29 is 22.4 Å². The van der Waals surface area contributed by atoms with Gasteiger partial charge in [-0.25, -0.2) is 8.42 Å². The summed E-state index contributed by atoms with van der Waals surface area (Å²) in [7, 11) is -3.69. The van der Waals surface area contributed by atoms with Crippen molar-refractivity contribution in [1.29, 1.82) is 0 Å². The molecule has 4 aromatic rings. The summed E-state index contributed by atoms with van der Waals surface area (Å²) in [5, 5.41) is 10.4. The van der Waals surface area contributed by atoms with Gasteiger partial charge in [0.15, 0.2) is 0 Å². The molecule has 9 nitrogen and oxygen atoms in total. The highest BCUT2D eigenvalue weighted by Crippen LogP contribution is 2.26. The molecule has 36 heavy (non-hydrogen) atoms. The van der Waals surface area contributed by atoms with E-state index in [4.69, 9.17) is 9.15 Å². The average Bonchev–Trinajstić information content (AvgIpc) is 3.37. The minimum atomic E-state index is -3.69. The van der Waals surface area contributed by atoms with Crippen molar-refractivity contribution in [3.63, 3.8) is 0 Å². The molecule has 0 radical (unpaired) electrons. The van der Waals surface area contributed by atoms with Gasteiger partial charge in [-0.3, -0.25) is 10.1 Å². The van der Waals surface area contributed by atoms with Gasteiger partial charge < -0.3 is 9.15 Å². The van der Waals surface area contributed by atoms with Gasteiger partial charge in [0.25, 0.3) is 5.91 Å². The predicted molar refractivity (Wildman–Crippen MR) is 133 cm³/mol. The van der Waals surface area contributed by atoms with Crippen molar-refractivity contribution in [1.82, 2.24) is 14.5 Å². The molecule has 1 aromatic heterocycles. The fraction of sp³-hybridized carbons (Fsp3) is 0.192. The third-order valence-corrected chi connectivity index (χ3v) is 7.77. The molecule has 0 atom stereocenters. The van der Waals surface area contributed by atoms with E-state index in [1.54, 1.807) is 24.3 Å². The van der Waals surface area contributed by atoms with Crippen LogP contribution in [0.2, 0.25) is 0 Å². The summed E-state index contributed by atoms with van der Waals surface area (Å²) in [6.45, 7) is 3.21. The van der Waals surface area contributed by atoms with Gasteiger partial charge in [-0.15, -0.1) is 5.10 Å². The van der Waals surface area contributed by atoms with Crippen molar-refractivity contribution in [2.45, 2.75) is 24.8 Å². The molecule has 0 aliphatic carbocycles. The highest BCUT2D eigenvalue weighted by molar-refractivity contribution is 7.89. The van der Waals surface area contributed by atoms with E-state index in [-0.39, 0.29) is 22.4 Å². The number of nitrogens with zero attached hydrogens (tertiary/aromatic N) is 3. The lowest BCUT2D eigenvalue weighted by molar-refractivity contribution is 0.102. The number of sulfonamides is 1. The molecular weight excluding hydrogens is 480 g/mol. The second-order valence-corrected chi connectivity index (χ2v) is 10.1. The van der Waals surface area contributed by atoms with Crippen LogP contribution in [0.25, 0.3) is 11.5 Å². The molecule has 0 unspecified atom stereocenters. The SMILES string of the molecule is CCOc1ccc(-c2nnc(NC(=O)c3ccc(S(=O)(=O)N4CCc5ccccc5C4)cc3)o2)cc1. The van der Waals surface area contributed by atoms with Gasteiger partial charge in [0.1, 0.15) is 5.75 Å². The molecule has 2 heterocycles. The Bertz CT molecular complexity index is 1480. The Morgan fingerprint density at radius 1 is 1.00 bits per heavy atom. The maximum atomic E-state index is 13.1. The van der Waals surface area contributed by atoms with Crippen LogP contribution in [0.1, 0.15) is 28.4 Å². The summed E-state index contributed by atoms with van der Waals surface area (Å²) >= 11 is 0. The van der Waals surface area contributed by atoms with Crippen LogP contribution in [0.4, 0.5) is 6.01 Å². The zero-order valence-electron chi connectivity index (χ0n) is 19.5. The Hall–Kier alpha value is -4.02. The van der Waals surface area contributed by atoms with Crippen LogP contribution < -0.4 is 10.1 Å². The molecular formula is C26H24N4O5S. The molecule has 184 valence electrons. The number of anilines is 1. The van der Waals surface area contributed by atoms with Crippen LogP contribution in [0.15, 0.2) is 82.1 Å². The smallest absolute Gasteiger partial charge is 0.322 e. The van der Waals surface area contributed by atoms with Gasteiger partial charge in [-0.1, -0.05) is 29.4 Å². The topological polar surface area (TPSA) is 115 Å². The highest BCUT2D eigenvalue weighted by Gasteiger charge is 2.28. The number of carbonyl (C=O) groups excluding carboxylic acids is 1. The highest BCUT2D eigenvalue weighted by atomic mass is 32.2. The quantitative estimate of drug-likeness (QED) is 0.402. The summed E-state index contributed by atoms with van der Waals surface area (Å²) in [4.78, 5) is 12.8.